The third-order valence-corrected chi connectivity index (χ3v) is 13.5. The van der Waals surface area contributed by atoms with Gasteiger partial charge in [0.1, 0.15) is 11.6 Å². The van der Waals surface area contributed by atoms with Crippen LogP contribution in [0.25, 0.3) is 72.2 Å². The topological polar surface area (TPSA) is 48.1 Å². The van der Waals surface area contributed by atoms with Gasteiger partial charge in [-0.3, -0.25) is 4.57 Å². The molecular weight excluding hydrogens is 986 g/mol. The maximum Gasteiger partial charge on any atom is 2.00 e. The molecule has 6 heteroatoms. The van der Waals surface area contributed by atoms with Crippen molar-refractivity contribution < 1.29 is 21.1 Å². The molecule has 0 saturated carbocycles. The van der Waals surface area contributed by atoms with E-state index in [1.54, 1.807) is 0 Å². The van der Waals surface area contributed by atoms with E-state index < -0.39 is 5.41 Å². The van der Waals surface area contributed by atoms with Crippen LogP contribution in [0.3, 0.4) is 0 Å². The van der Waals surface area contributed by atoms with Gasteiger partial charge < -0.3 is 9.88 Å². The summed E-state index contributed by atoms with van der Waals surface area (Å²) in [5, 5.41) is 2.26. The third-order valence-electron chi connectivity index (χ3n) is 13.5. The van der Waals surface area contributed by atoms with Crippen molar-refractivity contribution in [1.29, 1.82) is 0 Å². The normalized spacial score (nSPS) is 14.6. The summed E-state index contributed by atoms with van der Waals surface area (Å²) in [7, 11) is 0. The zero-order valence-corrected chi connectivity index (χ0v) is 39.4. The average molecular weight is 1030 g/mol. The predicted octanol–water partition coefficient (Wildman–Crippen LogP) is 14.9. The summed E-state index contributed by atoms with van der Waals surface area (Å²) < 4.78 is 2.31. The summed E-state index contributed by atoms with van der Waals surface area (Å²) in [6.45, 7) is 9.09. The number of aromatic nitrogens is 4. The summed E-state index contributed by atoms with van der Waals surface area (Å²) in [6.07, 6.45) is 1.89. The van der Waals surface area contributed by atoms with Crippen molar-refractivity contribution in [2.45, 2.75) is 38.5 Å². The molecule has 11 aromatic rings. The number of hydrogen-bond donors (Lipinski definition) is 0. The van der Waals surface area contributed by atoms with Crippen LogP contribution < -0.4 is 9.88 Å². The smallest absolute Gasteiger partial charge is 0.656 e. The molecule has 66 heavy (non-hydrogen) atoms. The number of pyridine rings is 1. The van der Waals surface area contributed by atoms with Crippen LogP contribution in [0.2, 0.25) is 0 Å². The monoisotopic (exact) mass is 1030 g/mol. The van der Waals surface area contributed by atoms with E-state index in [4.69, 9.17) is 15.0 Å². The molecule has 0 amide bonds. The molecule has 0 bridgehead atoms. The Morgan fingerprint density at radius 2 is 1.29 bits per heavy atom. The van der Waals surface area contributed by atoms with Gasteiger partial charge in [-0.2, -0.15) is 0 Å². The first-order valence-electron chi connectivity index (χ1n) is 22.4. The molecule has 0 N–H and O–H groups in total. The van der Waals surface area contributed by atoms with Gasteiger partial charge in [0, 0.05) is 28.4 Å². The fourth-order valence-corrected chi connectivity index (χ4v) is 10.2. The zero-order valence-electron chi connectivity index (χ0n) is 37.1. The van der Waals surface area contributed by atoms with E-state index >= 15 is 0 Å². The minimum atomic E-state index is -0.413. The van der Waals surface area contributed by atoms with Gasteiger partial charge in [0.2, 0.25) is 0 Å². The van der Waals surface area contributed by atoms with Crippen LogP contribution in [0, 0.1) is 6.07 Å². The van der Waals surface area contributed by atoms with Crippen molar-refractivity contribution in [2.24, 2.45) is 0 Å². The van der Waals surface area contributed by atoms with Crippen LogP contribution >= 0.6 is 0 Å². The maximum absolute atomic E-state index is 5.65. The molecule has 8 aromatic carbocycles. The molecule has 5 nitrogen and oxygen atoms in total. The molecule has 1 aliphatic heterocycles. The largest absolute Gasteiger partial charge is 2.00 e. The van der Waals surface area contributed by atoms with Gasteiger partial charge in [-0.25, -0.2) is 9.97 Å². The van der Waals surface area contributed by atoms with Crippen LogP contribution in [-0.4, -0.2) is 14.5 Å². The van der Waals surface area contributed by atoms with Crippen molar-refractivity contribution in [3.8, 4) is 39.3 Å². The fraction of sp³-hybridized carbons (Fsp3) is 0.100. The molecule has 0 fully saturated rings. The van der Waals surface area contributed by atoms with Gasteiger partial charge in [0.15, 0.2) is 0 Å². The Morgan fingerprint density at radius 3 is 2.09 bits per heavy atom. The molecule has 4 heterocycles. The Hall–Kier alpha value is -7.33. The first-order valence-corrected chi connectivity index (χ1v) is 22.4. The number of fused-ring (bicyclic) bond motifs is 6. The summed E-state index contributed by atoms with van der Waals surface area (Å²) in [6, 6.07) is 73.1. The molecule has 0 saturated heterocycles. The van der Waals surface area contributed by atoms with Crippen LogP contribution in [0.4, 0.5) is 17.2 Å². The predicted molar refractivity (Wildman–Crippen MR) is 268 cm³/mol. The molecule has 1 aliphatic rings. The summed E-state index contributed by atoms with van der Waals surface area (Å²) >= 11 is 0. The molecule has 3 aromatic heterocycles. The number of rotatable bonds is 6. The summed E-state index contributed by atoms with van der Waals surface area (Å²) in [5.74, 6) is 1.73. The minimum absolute atomic E-state index is 0. The Kier molecular flexibility index (Phi) is 10.0. The quantitative estimate of drug-likeness (QED) is 0.156. The molecule has 0 spiro atoms. The van der Waals surface area contributed by atoms with Gasteiger partial charge in [-0.15, -0.1) is 40.9 Å². The van der Waals surface area contributed by atoms with Crippen LogP contribution in [0.5, 0.6) is 0 Å². The Bertz CT molecular complexity index is 3550. The van der Waals surface area contributed by atoms with E-state index in [2.05, 4.69) is 231 Å². The van der Waals surface area contributed by atoms with Gasteiger partial charge in [-0.1, -0.05) is 172 Å². The maximum atomic E-state index is 5.65. The molecule has 1 atom stereocenters. The van der Waals surface area contributed by atoms with E-state index in [9.17, 15) is 0 Å². The SMILES string of the molecule is CC(C)(C)c1ccc(-n2c(-c3cccc4c3[n-]c3cccc(-c5ccccc5)c34)nc3c(-c4[c-]c(N5c6ccccc6C(C)(c6ccccc6)c6cccnc65)ccc4)cccc32)cc1.[Pt+2]. The molecular formula is C60H45N5Pt. The van der Waals surface area contributed by atoms with Crippen molar-refractivity contribution in [1.82, 2.24) is 19.5 Å². The number of para-hydroxylation sites is 3. The number of imidazole rings is 1. The second-order valence-electron chi connectivity index (χ2n) is 18.3. The third kappa shape index (κ3) is 6.48. The van der Waals surface area contributed by atoms with E-state index in [0.29, 0.717) is 0 Å². The second-order valence-corrected chi connectivity index (χ2v) is 18.3. The molecule has 1 unspecified atom stereocenters. The first-order chi connectivity index (χ1) is 31.8. The summed E-state index contributed by atoms with van der Waals surface area (Å²) in [5.41, 5.74) is 16.6. The van der Waals surface area contributed by atoms with Crippen molar-refractivity contribution >= 4 is 50.0 Å². The van der Waals surface area contributed by atoms with Crippen molar-refractivity contribution in [3.05, 3.63) is 229 Å². The minimum Gasteiger partial charge on any atom is -0.656 e. The second kappa shape index (κ2) is 16.0. The van der Waals surface area contributed by atoms with Crippen LogP contribution in [-0.2, 0) is 31.9 Å². The fourth-order valence-electron chi connectivity index (χ4n) is 10.2. The van der Waals surface area contributed by atoms with Crippen LogP contribution in [0.1, 0.15) is 49.9 Å². The van der Waals surface area contributed by atoms with Gasteiger partial charge in [0.05, 0.1) is 16.7 Å². The van der Waals surface area contributed by atoms with Crippen LogP contribution in [0.15, 0.2) is 200 Å². The Morgan fingerprint density at radius 1 is 0.606 bits per heavy atom. The van der Waals surface area contributed by atoms with E-state index in [1.807, 2.05) is 12.3 Å². The molecule has 0 aliphatic carbocycles. The summed E-state index contributed by atoms with van der Waals surface area (Å²) in [4.78, 5) is 18.4. The van der Waals surface area contributed by atoms with Gasteiger partial charge in [0.25, 0.3) is 0 Å². The standard InChI is InChI=1S/C60H45N5.Pt/c1-59(2,3)41-33-35-43(36-34-41)64-53-32-16-25-46(56(53)63-57(64)48-27-14-26-47-54-45(39-18-7-5-8-19-39)24-15-30-51(54)62-55(47)48)40-20-13-23-44(38-40)65-52-31-12-11-28-49(52)60(4,42-21-9-6-10-22-42)50-29-17-37-61-58(50)65;/h5-37H,1-4H3;/q-2;+2. The van der Waals surface area contributed by atoms with Gasteiger partial charge >= 0.3 is 21.1 Å². The Balaban J connectivity index is 0.00000481. The van der Waals surface area contributed by atoms with E-state index in [1.165, 1.54) is 27.8 Å². The molecule has 320 valence electrons. The molecule has 0 radical (unpaired) electrons. The first kappa shape index (κ1) is 41.4. The number of benzene rings is 8. The number of hydrogen-bond acceptors (Lipinski definition) is 3. The zero-order chi connectivity index (χ0) is 43.9. The van der Waals surface area contributed by atoms with Crippen molar-refractivity contribution in [2.75, 3.05) is 4.90 Å². The number of anilines is 3. The average Bonchev–Trinajstić information content (AvgIpc) is 3.94. The van der Waals surface area contributed by atoms with E-state index in [0.717, 1.165) is 83.8 Å². The van der Waals surface area contributed by atoms with E-state index in [-0.39, 0.29) is 26.5 Å². The number of nitrogens with zero attached hydrogens (tertiary/aromatic N) is 5. The van der Waals surface area contributed by atoms with Crippen molar-refractivity contribution in [3.63, 3.8) is 0 Å². The Labute approximate surface area is 399 Å². The van der Waals surface area contributed by atoms with Gasteiger partial charge in [-0.05, 0) is 86.9 Å². The molecule has 12 rings (SSSR count).